The van der Waals surface area contributed by atoms with E-state index < -0.39 is 0 Å². The highest BCUT2D eigenvalue weighted by atomic mass is 35.5. The molecule has 0 bridgehead atoms. The molecule has 2 aliphatic heterocycles. The highest BCUT2D eigenvalue weighted by Crippen LogP contribution is 2.28. The minimum atomic E-state index is -0.0458. The van der Waals surface area contributed by atoms with Crippen LogP contribution in [0.2, 0.25) is 0 Å². The number of rotatable bonds is 4. The Hall–Kier alpha value is -1.99. The fourth-order valence-electron chi connectivity index (χ4n) is 3.41. The molecule has 3 rings (SSSR count). The molecule has 144 valence electrons. The van der Waals surface area contributed by atoms with Crippen molar-refractivity contribution >= 4 is 24.2 Å². The normalized spacial score (nSPS) is 19.7. The summed E-state index contributed by atoms with van der Waals surface area (Å²) in [4.78, 5) is 28.8. The summed E-state index contributed by atoms with van der Waals surface area (Å²) >= 11 is 0. The fourth-order valence-corrected chi connectivity index (χ4v) is 3.41. The van der Waals surface area contributed by atoms with Gasteiger partial charge in [-0.05, 0) is 31.2 Å². The Morgan fingerprint density at radius 1 is 1.04 bits per heavy atom. The highest BCUT2D eigenvalue weighted by Gasteiger charge is 2.30. The van der Waals surface area contributed by atoms with E-state index in [9.17, 15) is 9.59 Å². The second kappa shape index (κ2) is 9.09. The summed E-state index contributed by atoms with van der Waals surface area (Å²) in [7, 11) is 3.11. The van der Waals surface area contributed by atoms with E-state index in [1.807, 2.05) is 4.90 Å². The molecule has 1 atom stereocenters. The van der Waals surface area contributed by atoms with Crippen LogP contribution in [-0.4, -0.2) is 75.1 Å². The average molecular weight is 384 g/mol. The van der Waals surface area contributed by atoms with Crippen LogP contribution in [0.15, 0.2) is 18.2 Å². The van der Waals surface area contributed by atoms with E-state index >= 15 is 0 Å². The zero-order valence-corrected chi connectivity index (χ0v) is 16.0. The van der Waals surface area contributed by atoms with E-state index in [2.05, 4.69) is 5.32 Å². The van der Waals surface area contributed by atoms with Gasteiger partial charge in [-0.3, -0.25) is 9.59 Å². The largest absolute Gasteiger partial charge is 0.493 e. The van der Waals surface area contributed by atoms with Crippen molar-refractivity contribution in [1.82, 2.24) is 15.1 Å². The fraction of sp³-hybridized carbons (Fsp3) is 0.556. The van der Waals surface area contributed by atoms with Crippen LogP contribution in [0.5, 0.6) is 11.5 Å². The van der Waals surface area contributed by atoms with Gasteiger partial charge in [0.1, 0.15) is 0 Å². The topological polar surface area (TPSA) is 71.1 Å². The Balaban J connectivity index is 0.00000243. The van der Waals surface area contributed by atoms with E-state index in [0.717, 1.165) is 19.5 Å². The summed E-state index contributed by atoms with van der Waals surface area (Å²) in [5, 5.41) is 3.23. The molecular weight excluding hydrogens is 358 g/mol. The maximum Gasteiger partial charge on any atom is 0.254 e. The van der Waals surface area contributed by atoms with Gasteiger partial charge in [-0.1, -0.05) is 0 Å². The monoisotopic (exact) mass is 383 g/mol. The number of nitrogens with one attached hydrogen (secondary N) is 1. The maximum atomic E-state index is 12.7. The minimum absolute atomic E-state index is 0. The van der Waals surface area contributed by atoms with Crippen molar-refractivity contribution < 1.29 is 19.1 Å². The number of amides is 2. The number of ether oxygens (including phenoxy) is 2. The van der Waals surface area contributed by atoms with Gasteiger partial charge in [0, 0.05) is 38.3 Å². The average Bonchev–Trinajstić information content (AvgIpc) is 3.21. The van der Waals surface area contributed by atoms with Gasteiger partial charge in [-0.2, -0.15) is 0 Å². The molecule has 8 heteroatoms. The first-order valence-corrected chi connectivity index (χ1v) is 8.65. The predicted octanol–water partition coefficient (Wildman–Crippen LogP) is 1.02. The zero-order chi connectivity index (χ0) is 17.8. The molecule has 2 amide bonds. The van der Waals surface area contributed by atoms with Crippen molar-refractivity contribution in [2.75, 3.05) is 53.5 Å². The number of carbonyl (C=O) groups is 2. The number of nitrogens with zero attached hydrogens (tertiary/aromatic N) is 2. The van der Waals surface area contributed by atoms with Crippen molar-refractivity contribution in [3.8, 4) is 11.5 Å². The van der Waals surface area contributed by atoms with E-state index in [4.69, 9.17) is 9.47 Å². The third-order valence-electron chi connectivity index (χ3n) is 4.92. The van der Waals surface area contributed by atoms with Gasteiger partial charge in [0.25, 0.3) is 5.91 Å². The maximum absolute atomic E-state index is 12.7. The molecule has 0 saturated carbocycles. The van der Waals surface area contributed by atoms with Gasteiger partial charge in [0.15, 0.2) is 11.5 Å². The van der Waals surface area contributed by atoms with Crippen LogP contribution in [0.1, 0.15) is 16.8 Å². The lowest BCUT2D eigenvalue weighted by molar-refractivity contribution is -0.136. The molecule has 2 aliphatic rings. The lowest BCUT2D eigenvalue weighted by Gasteiger charge is -2.36. The number of piperazine rings is 1. The third-order valence-corrected chi connectivity index (χ3v) is 4.92. The van der Waals surface area contributed by atoms with Gasteiger partial charge in [-0.15, -0.1) is 12.4 Å². The van der Waals surface area contributed by atoms with E-state index in [1.54, 1.807) is 37.3 Å². The molecule has 2 fully saturated rings. The number of carbonyl (C=O) groups excluding carboxylic acids is 2. The summed E-state index contributed by atoms with van der Waals surface area (Å²) in [6.07, 6.45) is 0.906. The predicted molar refractivity (Wildman–Crippen MR) is 100 cm³/mol. The third kappa shape index (κ3) is 4.22. The first kappa shape index (κ1) is 20.3. The quantitative estimate of drug-likeness (QED) is 0.840. The summed E-state index contributed by atoms with van der Waals surface area (Å²) < 4.78 is 10.5. The minimum Gasteiger partial charge on any atom is -0.493 e. The van der Waals surface area contributed by atoms with Crippen molar-refractivity contribution in [2.45, 2.75) is 6.42 Å². The van der Waals surface area contributed by atoms with Crippen molar-refractivity contribution in [3.63, 3.8) is 0 Å². The molecule has 1 aromatic rings. The van der Waals surface area contributed by atoms with Gasteiger partial charge in [0.05, 0.1) is 20.1 Å². The van der Waals surface area contributed by atoms with E-state index in [1.165, 1.54) is 0 Å². The van der Waals surface area contributed by atoms with E-state index in [0.29, 0.717) is 43.2 Å². The molecule has 7 nitrogen and oxygen atoms in total. The molecule has 2 saturated heterocycles. The Bertz CT molecular complexity index is 641. The summed E-state index contributed by atoms with van der Waals surface area (Å²) in [5.74, 6) is 1.39. The van der Waals surface area contributed by atoms with Crippen LogP contribution in [0.4, 0.5) is 0 Å². The second-order valence-corrected chi connectivity index (χ2v) is 6.38. The van der Waals surface area contributed by atoms with Crippen molar-refractivity contribution in [2.24, 2.45) is 5.92 Å². The number of methoxy groups -OCH3 is 2. The molecule has 1 aromatic carbocycles. The lowest BCUT2D eigenvalue weighted by Crippen LogP contribution is -2.52. The lowest BCUT2D eigenvalue weighted by atomic mass is 10.1. The van der Waals surface area contributed by atoms with Crippen LogP contribution in [-0.2, 0) is 4.79 Å². The number of halogens is 1. The van der Waals surface area contributed by atoms with Crippen LogP contribution in [0, 0.1) is 5.92 Å². The van der Waals surface area contributed by atoms with Gasteiger partial charge in [-0.25, -0.2) is 0 Å². The zero-order valence-electron chi connectivity index (χ0n) is 15.2. The molecule has 1 N–H and O–H groups in total. The Kier molecular flexibility index (Phi) is 7.11. The summed E-state index contributed by atoms with van der Waals surface area (Å²) in [6.45, 7) is 3.97. The van der Waals surface area contributed by atoms with Crippen molar-refractivity contribution in [3.05, 3.63) is 23.8 Å². The van der Waals surface area contributed by atoms with Gasteiger partial charge in [0.2, 0.25) is 5.91 Å². The standard InChI is InChI=1S/C18H25N3O4.ClH/c1-24-15-4-3-13(11-16(15)25-2)17(22)20-7-9-21(10-8-20)18(23)14-5-6-19-12-14;/h3-4,11,14,19H,5-10,12H2,1-2H3;1H. The number of hydrogen-bond donors (Lipinski definition) is 1. The molecule has 0 aliphatic carbocycles. The van der Waals surface area contributed by atoms with E-state index in [-0.39, 0.29) is 30.1 Å². The van der Waals surface area contributed by atoms with Gasteiger partial charge >= 0.3 is 0 Å². The molecule has 1 unspecified atom stereocenters. The molecule has 0 aromatic heterocycles. The van der Waals surface area contributed by atoms with Crippen LogP contribution in [0.25, 0.3) is 0 Å². The Labute approximate surface area is 160 Å². The number of benzene rings is 1. The van der Waals surface area contributed by atoms with Crippen molar-refractivity contribution in [1.29, 1.82) is 0 Å². The highest BCUT2D eigenvalue weighted by molar-refractivity contribution is 5.95. The molecule has 0 radical (unpaired) electrons. The van der Waals surface area contributed by atoms with Crippen LogP contribution < -0.4 is 14.8 Å². The molecule has 2 heterocycles. The smallest absolute Gasteiger partial charge is 0.254 e. The second-order valence-electron chi connectivity index (χ2n) is 6.38. The molecule has 0 spiro atoms. The number of hydrogen-bond acceptors (Lipinski definition) is 5. The summed E-state index contributed by atoms with van der Waals surface area (Å²) in [5.41, 5.74) is 0.567. The molecular formula is C18H26ClN3O4. The first-order valence-electron chi connectivity index (χ1n) is 8.65. The van der Waals surface area contributed by atoms with Crippen LogP contribution in [0.3, 0.4) is 0 Å². The first-order chi connectivity index (χ1) is 12.1. The Morgan fingerprint density at radius 2 is 1.69 bits per heavy atom. The molecule has 26 heavy (non-hydrogen) atoms. The van der Waals surface area contributed by atoms with Crippen LogP contribution >= 0.6 is 12.4 Å². The SMILES string of the molecule is COc1ccc(C(=O)N2CCN(C(=O)C3CCNC3)CC2)cc1OC.Cl. The summed E-state index contributed by atoms with van der Waals surface area (Å²) in [6, 6.07) is 5.17. The Morgan fingerprint density at radius 3 is 2.27 bits per heavy atom. The van der Waals surface area contributed by atoms with Gasteiger partial charge < -0.3 is 24.6 Å².